The summed E-state index contributed by atoms with van der Waals surface area (Å²) < 4.78 is 5.06. The predicted octanol–water partition coefficient (Wildman–Crippen LogP) is 1.81. The van der Waals surface area contributed by atoms with E-state index in [1.807, 2.05) is 4.90 Å². The van der Waals surface area contributed by atoms with E-state index in [-0.39, 0.29) is 23.5 Å². The second-order valence-electron chi connectivity index (χ2n) is 6.61. The van der Waals surface area contributed by atoms with Crippen molar-refractivity contribution in [1.82, 2.24) is 10.2 Å². The van der Waals surface area contributed by atoms with Crippen molar-refractivity contribution in [2.45, 2.75) is 44.7 Å². The number of nitrogens with one attached hydrogen (secondary N) is 1. The number of benzene rings is 1. The molecule has 1 saturated heterocycles. The molecule has 2 aliphatic rings. The molecule has 1 atom stereocenters. The van der Waals surface area contributed by atoms with E-state index in [1.165, 1.54) is 20.0 Å². The Kier molecular flexibility index (Phi) is 4.92. The Morgan fingerprint density at radius 2 is 2.12 bits per heavy atom. The van der Waals surface area contributed by atoms with Gasteiger partial charge in [-0.2, -0.15) is 0 Å². The van der Waals surface area contributed by atoms with Gasteiger partial charge in [-0.25, -0.2) is 0 Å². The molecule has 2 fully saturated rings. The fourth-order valence-electron chi connectivity index (χ4n) is 3.64. The van der Waals surface area contributed by atoms with Crippen LogP contribution >= 0.6 is 0 Å². The molecule has 1 aliphatic heterocycles. The van der Waals surface area contributed by atoms with Gasteiger partial charge < -0.3 is 20.1 Å². The first-order valence-corrected chi connectivity index (χ1v) is 8.51. The summed E-state index contributed by atoms with van der Waals surface area (Å²) in [4.78, 5) is 26.5. The number of hydrogen-bond acceptors (Lipinski definition) is 4. The van der Waals surface area contributed by atoms with Gasteiger partial charge in [-0.3, -0.25) is 9.59 Å². The molecule has 1 aromatic carbocycles. The Hall–Kier alpha value is -2.24. The number of carbonyl (C=O) groups is 2. The normalized spacial score (nSPS) is 21.3. The fraction of sp³-hybridized carbons (Fsp3) is 0.556. The summed E-state index contributed by atoms with van der Waals surface area (Å²) >= 11 is 0. The third-order valence-corrected chi connectivity index (χ3v) is 5.01. The fourth-order valence-corrected chi connectivity index (χ4v) is 3.64. The number of rotatable bonds is 5. The number of aromatic hydroxyl groups is 1. The summed E-state index contributed by atoms with van der Waals surface area (Å²) in [5.41, 5.74) is 0.843. The molecule has 2 amide bonds. The number of nitrogens with zero attached hydrogens (tertiary/aromatic N) is 1. The lowest BCUT2D eigenvalue weighted by molar-refractivity contribution is -0.130. The molecule has 0 unspecified atom stereocenters. The molecule has 0 radical (unpaired) electrons. The highest BCUT2D eigenvalue weighted by Crippen LogP contribution is 2.30. The predicted molar refractivity (Wildman–Crippen MR) is 88.6 cm³/mol. The maximum Gasteiger partial charge on any atom is 0.225 e. The number of methoxy groups -OCH3 is 1. The third kappa shape index (κ3) is 3.47. The van der Waals surface area contributed by atoms with Crippen molar-refractivity contribution in [3.05, 3.63) is 23.8 Å². The summed E-state index contributed by atoms with van der Waals surface area (Å²) in [5, 5.41) is 12.5. The molecule has 24 heavy (non-hydrogen) atoms. The zero-order chi connectivity index (χ0) is 17.1. The molecule has 1 heterocycles. The van der Waals surface area contributed by atoms with Gasteiger partial charge in [-0.15, -0.1) is 0 Å². The van der Waals surface area contributed by atoms with Crippen LogP contribution in [0.5, 0.6) is 11.5 Å². The van der Waals surface area contributed by atoms with E-state index in [1.54, 1.807) is 18.2 Å². The molecule has 2 N–H and O–H groups in total. The van der Waals surface area contributed by atoms with Crippen LogP contribution in [0, 0.1) is 5.92 Å². The molecule has 0 spiro atoms. The zero-order valence-corrected chi connectivity index (χ0v) is 14.0. The minimum atomic E-state index is -0.267. The van der Waals surface area contributed by atoms with Crippen LogP contribution < -0.4 is 10.1 Å². The van der Waals surface area contributed by atoms with E-state index in [4.69, 9.17) is 4.74 Å². The highest BCUT2D eigenvalue weighted by Gasteiger charge is 2.38. The lowest BCUT2D eigenvalue weighted by atomic mass is 10.1. The van der Waals surface area contributed by atoms with Gasteiger partial charge in [0.25, 0.3) is 0 Å². The highest BCUT2D eigenvalue weighted by atomic mass is 16.5. The SMILES string of the molecule is COc1cc(CNC(=O)[C@H]2CC(=O)N(C3CCCC3)C2)ccc1O. The van der Waals surface area contributed by atoms with Crippen molar-refractivity contribution >= 4 is 11.8 Å². The molecule has 6 heteroatoms. The first-order valence-electron chi connectivity index (χ1n) is 8.51. The molecular weight excluding hydrogens is 308 g/mol. The largest absolute Gasteiger partial charge is 0.504 e. The number of likely N-dealkylation sites (tertiary alicyclic amines) is 1. The van der Waals surface area contributed by atoms with Gasteiger partial charge in [-0.05, 0) is 30.5 Å². The Labute approximate surface area is 141 Å². The van der Waals surface area contributed by atoms with Crippen LogP contribution in [0.3, 0.4) is 0 Å². The summed E-state index contributed by atoms with van der Waals surface area (Å²) in [6.45, 7) is 0.887. The standard InChI is InChI=1S/C18H24N2O4/c1-24-16-8-12(6-7-15(16)21)10-19-18(23)13-9-17(22)20(11-13)14-4-2-3-5-14/h6-8,13-14,21H,2-5,9-11H2,1H3,(H,19,23)/t13-/m0/s1. The average molecular weight is 332 g/mol. The van der Waals surface area contributed by atoms with Gasteiger partial charge in [0.05, 0.1) is 13.0 Å². The summed E-state index contributed by atoms with van der Waals surface area (Å²) in [6, 6.07) is 5.31. The molecule has 1 aliphatic carbocycles. The first-order chi connectivity index (χ1) is 11.6. The monoisotopic (exact) mass is 332 g/mol. The number of carbonyl (C=O) groups excluding carboxylic acids is 2. The summed E-state index contributed by atoms with van der Waals surface area (Å²) in [7, 11) is 1.49. The summed E-state index contributed by atoms with van der Waals surface area (Å²) in [5.74, 6) is 0.202. The molecule has 6 nitrogen and oxygen atoms in total. The van der Waals surface area contributed by atoms with Gasteiger partial charge in [-0.1, -0.05) is 18.9 Å². The lowest BCUT2D eigenvalue weighted by Gasteiger charge is -2.23. The molecule has 1 saturated carbocycles. The number of hydrogen-bond donors (Lipinski definition) is 2. The minimum Gasteiger partial charge on any atom is -0.504 e. The highest BCUT2D eigenvalue weighted by molar-refractivity contribution is 5.89. The lowest BCUT2D eigenvalue weighted by Crippen LogP contribution is -2.36. The van der Waals surface area contributed by atoms with E-state index in [2.05, 4.69) is 5.32 Å². The maximum atomic E-state index is 12.4. The van der Waals surface area contributed by atoms with Gasteiger partial charge >= 0.3 is 0 Å². The van der Waals surface area contributed by atoms with Gasteiger partial charge in [0, 0.05) is 25.6 Å². The number of phenols is 1. The Bertz CT molecular complexity index is 625. The Morgan fingerprint density at radius 1 is 1.38 bits per heavy atom. The van der Waals surface area contributed by atoms with Crippen LogP contribution in [0.4, 0.5) is 0 Å². The van der Waals surface area contributed by atoms with Crippen LogP contribution in [0.15, 0.2) is 18.2 Å². The van der Waals surface area contributed by atoms with Gasteiger partial charge in [0.15, 0.2) is 11.5 Å². The Balaban J connectivity index is 1.55. The average Bonchev–Trinajstić information content (AvgIpc) is 3.23. The van der Waals surface area contributed by atoms with E-state index >= 15 is 0 Å². The topological polar surface area (TPSA) is 78.9 Å². The van der Waals surface area contributed by atoms with Crippen molar-refractivity contribution in [2.24, 2.45) is 5.92 Å². The molecule has 0 aromatic heterocycles. The molecule has 3 rings (SSSR count). The van der Waals surface area contributed by atoms with E-state index in [9.17, 15) is 14.7 Å². The maximum absolute atomic E-state index is 12.4. The van der Waals surface area contributed by atoms with Gasteiger partial charge in [0.1, 0.15) is 0 Å². The summed E-state index contributed by atoms with van der Waals surface area (Å²) in [6.07, 6.45) is 4.78. The van der Waals surface area contributed by atoms with Crippen LogP contribution in [0.2, 0.25) is 0 Å². The van der Waals surface area contributed by atoms with Crippen molar-refractivity contribution in [2.75, 3.05) is 13.7 Å². The van der Waals surface area contributed by atoms with Crippen LogP contribution in [0.25, 0.3) is 0 Å². The van der Waals surface area contributed by atoms with Crippen LogP contribution in [0.1, 0.15) is 37.7 Å². The molecule has 1 aromatic rings. The van der Waals surface area contributed by atoms with Crippen molar-refractivity contribution in [1.29, 1.82) is 0 Å². The second-order valence-corrected chi connectivity index (χ2v) is 6.61. The van der Waals surface area contributed by atoms with Crippen molar-refractivity contribution in [3.63, 3.8) is 0 Å². The third-order valence-electron chi connectivity index (χ3n) is 5.01. The molecule has 130 valence electrons. The second kappa shape index (κ2) is 7.11. The number of amides is 2. The Morgan fingerprint density at radius 3 is 2.83 bits per heavy atom. The quantitative estimate of drug-likeness (QED) is 0.862. The van der Waals surface area contributed by atoms with Crippen LogP contribution in [-0.4, -0.2) is 41.5 Å². The van der Waals surface area contributed by atoms with E-state index in [0.29, 0.717) is 31.3 Å². The first kappa shape index (κ1) is 16.6. The zero-order valence-electron chi connectivity index (χ0n) is 14.0. The van der Waals surface area contributed by atoms with Crippen molar-refractivity contribution in [3.8, 4) is 11.5 Å². The molecule has 0 bridgehead atoms. The van der Waals surface area contributed by atoms with Gasteiger partial charge in [0.2, 0.25) is 11.8 Å². The smallest absolute Gasteiger partial charge is 0.225 e. The van der Waals surface area contributed by atoms with E-state index in [0.717, 1.165) is 18.4 Å². The van der Waals surface area contributed by atoms with Crippen molar-refractivity contribution < 1.29 is 19.4 Å². The molecular formula is C18H24N2O4. The van der Waals surface area contributed by atoms with E-state index < -0.39 is 0 Å². The minimum absolute atomic E-state index is 0.0705. The number of phenolic OH excluding ortho intramolecular Hbond substituents is 1. The number of ether oxygens (including phenoxy) is 1. The van der Waals surface area contributed by atoms with Crippen LogP contribution in [-0.2, 0) is 16.1 Å².